The van der Waals surface area contributed by atoms with Gasteiger partial charge in [0.1, 0.15) is 5.01 Å². The summed E-state index contributed by atoms with van der Waals surface area (Å²) in [6.45, 7) is 1.15. The van der Waals surface area contributed by atoms with Gasteiger partial charge in [-0.25, -0.2) is 0 Å². The van der Waals surface area contributed by atoms with Gasteiger partial charge in [0.2, 0.25) is 4.96 Å². The molecule has 102 valence electrons. The molecule has 1 aliphatic carbocycles. The summed E-state index contributed by atoms with van der Waals surface area (Å²) in [7, 11) is 0. The maximum atomic E-state index is 4.75. The van der Waals surface area contributed by atoms with Crippen LogP contribution in [0, 0.1) is 0 Å². The summed E-state index contributed by atoms with van der Waals surface area (Å²) >= 11 is 1.70. The van der Waals surface area contributed by atoms with Crippen molar-refractivity contribution in [3.8, 4) is 0 Å². The zero-order chi connectivity index (χ0) is 12.7. The second-order valence-electron chi connectivity index (χ2n) is 5.73. The fraction of sp³-hybridized carbons (Fsp3) is 0.769. The summed E-state index contributed by atoms with van der Waals surface area (Å²) < 4.78 is 2.00. The Labute approximate surface area is 116 Å². The molecule has 1 atom stereocenters. The minimum absolute atomic E-state index is 0.578. The van der Waals surface area contributed by atoms with E-state index in [1.165, 1.54) is 43.5 Å². The number of rotatable bonds is 3. The Kier molecular flexibility index (Phi) is 3.00. The lowest BCUT2D eigenvalue weighted by Gasteiger charge is -2.06. The fourth-order valence-electron chi connectivity index (χ4n) is 3.33. The van der Waals surface area contributed by atoms with E-state index in [0.717, 1.165) is 23.8 Å². The van der Waals surface area contributed by atoms with Crippen molar-refractivity contribution >= 4 is 16.3 Å². The highest BCUT2D eigenvalue weighted by Gasteiger charge is 2.24. The van der Waals surface area contributed by atoms with E-state index in [9.17, 15) is 0 Å². The van der Waals surface area contributed by atoms with Crippen molar-refractivity contribution in [2.45, 2.75) is 56.9 Å². The molecule has 1 saturated heterocycles. The molecule has 0 amide bonds. The Hall–Kier alpha value is -1.01. The van der Waals surface area contributed by atoms with E-state index in [4.69, 9.17) is 5.10 Å². The van der Waals surface area contributed by atoms with Crippen LogP contribution in [0.2, 0.25) is 0 Å². The van der Waals surface area contributed by atoms with Crippen LogP contribution in [-0.4, -0.2) is 32.4 Å². The van der Waals surface area contributed by atoms with E-state index in [-0.39, 0.29) is 0 Å². The van der Waals surface area contributed by atoms with E-state index < -0.39 is 0 Å². The molecular weight excluding hydrogens is 258 g/mol. The molecule has 0 bridgehead atoms. The summed E-state index contributed by atoms with van der Waals surface area (Å²) in [6.07, 6.45) is 8.75. The molecule has 1 saturated carbocycles. The molecule has 3 heterocycles. The first-order chi connectivity index (χ1) is 9.40. The highest BCUT2D eigenvalue weighted by Crippen LogP contribution is 2.33. The van der Waals surface area contributed by atoms with Gasteiger partial charge < -0.3 is 5.32 Å². The third kappa shape index (κ3) is 2.17. The highest BCUT2D eigenvalue weighted by molar-refractivity contribution is 7.16. The summed E-state index contributed by atoms with van der Waals surface area (Å²) in [4.78, 5) is 0.967. The van der Waals surface area contributed by atoms with Crippen LogP contribution in [0.25, 0.3) is 4.96 Å². The Morgan fingerprint density at radius 1 is 1.16 bits per heavy atom. The van der Waals surface area contributed by atoms with Crippen LogP contribution in [0.4, 0.5) is 0 Å². The summed E-state index contributed by atoms with van der Waals surface area (Å²) in [6, 6.07) is 0.610. The summed E-state index contributed by atoms with van der Waals surface area (Å²) in [5, 5.41) is 18.1. The van der Waals surface area contributed by atoms with Crippen LogP contribution in [0.15, 0.2) is 0 Å². The molecule has 4 rings (SSSR count). The van der Waals surface area contributed by atoms with Gasteiger partial charge in [-0.3, -0.25) is 0 Å². The third-order valence-electron chi connectivity index (χ3n) is 4.36. The van der Waals surface area contributed by atoms with Crippen LogP contribution >= 0.6 is 11.3 Å². The van der Waals surface area contributed by atoms with Crippen LogP contribution in [0.1, 0.15) is 55.3 Å². The lowest BCUT2D eigenvalue weighted by atomic mass is 10.1. The molecule has 2 aromatic heterocycles. The molecule has 1 aliphatic heterocycles. The van der Waals surface area contributed by atoms with E-state index in [1.807, 2.05) is 4.52 Å². The van der Waals surface area contributed by atoms with Crippen molar-refractivity contribution in [3.05, 3.63) is 10.8 Å². The number of hydrogen-bond donors (Lipinski definition) is 1. The zero-order valence-corrected chi connectivity index (χ0v) is 11.8. The van der Waals surface area contributed by atoms with Gasteiger partial charge >= 0.3 is 0 Å². The predicted molar refractivity (Wildman–Crippen MR) is 74.6 cm³/mol. The van der Waals surface area contributed by atoms with Gasteiger partial charge in [0, 0.05) is 18.4 Å². The number of hydrogen-bond acceptors (Lipinski definition) is 5. The van der Waals surface area contributed by atoms with Gasteiger partial charge in [0.15, 0.2) is 5.82 Å². The van der Waals surface area contributed by atoms with Gasteiger partial charge in [-0.1, -0.05) is 24.2 Å². The smallest absolute Gasteiger partial charge is 0.234 e. The fourth-order valence-corrected chi connectivity index (χ4v) is 4.25. The van der Waals surface area contributed by atoms with Crippen molar-refractivity contribution in [1.82, 2.24) is 25.1 Å². The van der Waals surface area contributed by atoms with Gasteiger partial charge in [-0.05, 0) is 32.2 Å². The second kappa shape index (κ2) is 4.83. The maximum Gasteiger partial charge on any atom is 0.234 e. The maximum absolute atomic E-state index is 4.75. The lowest BCUT2D eigenvalue weighted by molar-refractivity contribution is 0.590. The minimum atomic E-state index is 0.578. The molecule has 2 aromatic rings. The standard InChI is InChI=1S/C13H19N5S/c1-2-5-9(4-1)12-15-16-13-18(12)17-11(19-13)8-10-6-3-7-14-10/h9-10,14H,1-8H2. The van der Waals surface area contributed by atoms with Gasteiger partial charge in [-0.15, -0.1) is 10.2 Å². The molecule has 1 N–H and O–H groups in total. The first kappa shape index (κ1) is 11.8. The van der Waals surface area contributed by atoms with Crippen molar-refractivity contribution in [3.63, 3.8) is 0 Å². The number of aromatic nitrogens is 4. The monoisotopic (exact) mass is 277 g/mol. The molecule has 2 aliphatic rings. The number of fused-ring (bicyclic) bond motifs is 1. The minimum Gasteiger partial charge on any atom is -0.314 e. The number of nitrogens with zero attached hydrogens (tertiary/aromatic N) is 4. The molecule has 19 heavy (non-hydrogen) atoms. The first-order valence-electron chi connectivity index (χ1n) is 7.34. The van der Waals surface area contributed by atoms with Gasteiger partial charge in [0.25, 0.3) is 0 Å². The average molecular weight is 277 g/mol. The average Bonchev–Trinajstić information content (AvgIpc) is 3.12. The highest BCUT2D eigenvalue weighted by atomic mass is 32.1. The zero-order valence-electron chi connectivity index (χ0n) is 11.0. The van der Waals surface area contributed by atoms with E-state index in [2.05, 4.69) is 15.5 Å². The van der Waals surface area contributed by atoms with Gasteiger partial charge in [-0.2, -0.15) is 9.61 Å². The number of nitrogens with one attached hydrogen (secondary N) is 1. The van der Waals surface area contributed by atoms with E-state index in [0.29, 0.717) is 12.0 Å². The molecule has 0 aromatic carbocycles. The SMILES string of the molecule is C1CNC(Cc2nn3c(C4CCCC4)nnc3s2)C1. The summed E-state index contributed by atoms with van der Waals surface area (Å²) in [5.41, 5.74) is 0. The molecule has 0 radical (unpaired) electrons. The van der Waals surface area contributed by atoms with Crippen LogP contribution in [-0.2, 0) is 6.42 Å². The van der Waals surface area contributed by atoms with E-state index >= 15 is 0 Å². The first-order valence-corrected chi connectivity index (χ1v) is 8.16. The third-order valence-corrected chi connectivity index (χ3v) is 5.28. The second-order valence-corrected chi connectivity index (χ2v) is 6.77. The molecule has 1 unspecified atom stereocenters. The Morgan fingerprint density at radius 2 is 2.05 bits per heavy atom. The molecule has 0 spiro atoms. The predicted octanol–water partition coefficient (Wildman–Crippen LogP) is 2.14. The van der Waals surface area contributed by atoms with Gasteiger partial charge in [0.05, 0.1) is 0 Å². The van der Waals surface area contributed by atoms with Crippen molar-refractivity contribution < 1.29 is 0 Å². The van der Waals surface area contributed by atoms with Crippen molar-refractivity contribution in [2.75, 3.05) is 6.54 Å². The van der Waals surface area contributed by atoms with Crippen LogP contribution < -0.4 is 5.32 Å². The lowest BCUT2D eigenvalue weighted by Crippen LogP contribution is -2.23. The Balaban J connectivity index is 1.60. The Morgan fingerprint density at radius 3 is 2.84 bits per heavy atom. The quantitative estimate of drug-likeness (QED) is 0.934. The molecular formula is C13H19N5S. The molecule has 2 fully saturated rings. The Bertz CT molecular complexity index is 563. The van der Waals surface area contributed by atoms with Crippen LogP contribution in [0.5, 0.6) is 0 Å². The van der Waals surface area contributed by atoms with Crippen LogP contribution in [0.3, 0.4) is 0 Å². The summed E-state index contributed by atoms with van der Waals surface area (Å²) in [5.74, 6) is 1.67. The largest absolute Gasteiger partial charge is 0.314 e. The molecule has 5 nitrogen and oxygen atoms in total. The van der Waals surface area contributed by atoms with E-state index in [1.54, 1.807) is 11.3 Å². The topological polar surface area (TPSA) is 55.1 Å². The molecule has 6 heteroatoms. The van der Waals surface area contributed by atoms with Crippen molar-refractivity contribution in [2.24, 2.45) is 0 Å². The van der Waals surface area contributed by atoms with Crippen molar-refractivity contribution in [1.29, 1.82) is 0 Å². The normalized spacial score (nSPS) is 24.7.